The van der Waals surface area contributed by atoms with Crippen molar-refractivity contribution in [2.24, 2.45) is 7.05 Å². The molecule has 0 aliphatic rings. The number of aryl methyl sites for hydroxylation is 4. The van der Waals surface area contributed by atoms with E-state index in [0.29, 0.717) is 5.56 Å². The SMILES string of the molecule is Cc1cc(-c2c(C)ccc3c2oc2c(-c4ccccc4C#N)cccc23)[n+](C)cc1C. The number of fused-ring (bicyclic) bond motifs is 3. The zero-order chi connectivity index (χ0) is 21.7. The molecule has 5 aromatic rings. The van der Waals surface area contributed by atoms with Crippen LogP contribution < -0.4 is 4.57 Å². The standard InChI is InChI=1S/C28H23N2O/c1-17-12-13-24-23-11-7-10-22(21-9-6-5-8-20(21)15-29)27(23)31-28(24)26(17)25-14-18(2)19(3)16-30(25)4/h5-14,16H,1-4H3/q+1. The average molecular weight is 404 g/mol. The van der Waals surface area contributed by atoms with Crippen molar-refractivity contribution in [1.82, 2.24) is 0 Å². The van der Waals surface area contributed by atoms with Crippen LogP contribution in [0.25, 0.3) is 44.3 Å². The lowest BCUT2D eigenvalue weighted by Gasteiger charge is -2.07. The van der Waals surface area contributed by atoms with Gasteiger partial charge in [0.05, 0.1) is 17.2 Å². The van der Waals surface area contributed by atoms with Crippen LogP contribution in [0.1, 0.15) is 22.3 Å². The summed E-state index contributed by atoms with van der Waals surface area (Å²) in [5.74, 6) is 0. The molecule has 0 aliphatic heterocycles. The van der Waals surface area contributed by atoms with E-state index in [2.05, 4.69) is 68.9 Å². The fourth-order valence-corrected chi connectivity index (χ4v) is 4.44. The number of rotatable bonds is 2. The molecular weight excluding hydrogens is 380 g/mol. The first kappa shape index (κ1) is 19.1. The molecule has 5 rings (SSSR count). The molecule has 0 radical (unpaired) electrons. The number of hydrogen-bond acceptors (Lipinski definition) is 2. The highest BCUT2D eigenvalue weighted by Gasteiger charge is 2.22. The lowest BCUT2D eigenvalue weighted by molar-refractivity contribution is -0.660. The van der Waals surface area contributed by atoms with Gasteiger partial charge in [0.25, 0.3) is 0 Å². The highest BCUT2D eigenvalue weighted by Crippen LogP contribution is 2.41. The predicted molar refractivity (Wildman–Crippen MR) is 125 cm³/mol. The molecule has 3 heteroatoms. The largest absolute Gasteiger partial charge is 0.454 e. The van der Waals surface area contributed by atoms with Crippen molar-refractivity contribution in [3.63, 3.8) is 0 Å². The molecule has 0 N–H and O–H groups in total. The van der Waals surface area contributed by atoms with Gasteiger partial charge in [-0.25, -0.2) is 4.57 Å². The third-order valence-corrected chi connectivity index (χ3v) is 6.21. The monoisotopic (exact) mass is 403 g/mol. The summed E-state index contributed by atoms with van der Waals surface area (Å²) >= 11 is 0. The van der Waals surface area contributed by atoms with Crippen LogP contribution in [0.5, 0.6) is 0 Å². The highest BCUT2D eigenvalue weighted by molar-refractivity contribution is 6.13. The molecule has 0 saturated heterocycles. The molecule has 0 fully saturated rings. The Hall–Kier alpha value is -3.90. The van der Waals surface area contributed by atoms with Crippen LogP contribution in [-0.2, 0) is 7.05 Å². The minimum Gasteiger partial charge on any atom is -0.454 e. The van der Waals surface area contributed by atoms with Crippen molar-refractivity contribution in [1.29, 1.82) is 5.26 Å². The Morgan fingerprint density at radius 1 is 0.774 bits per heavy atom. The van der Waals surface area contributed by atoms with Gasteiger partial charge in [0.1, 0.15) is 18.2 Å². The van der Waals surface area contributed by atoms with Crippen LogP contribution in [0.4, 0.5) is 0 Å². The lowest BCUT2D eigenvalue weighted by atomic mass is 9.97. The Bertz CT molecular complexity index is 1530. The molecular formula is C28H23N2O+. The molecule has 150 valence electrons. The molecule has 0 amide bonds. The summed E-state index contributed by atoms with van der Waals surface area (Å²) in [6.07, 6.45) is 2.17. The summed E-state index contributed by atoms with van der Waals surface area (Å²) in [5.41, 5.74) is 10.1. The number of benzene rings is 3. The fraction of sp³-hybridized carbons (Fsp3) is 0.143. The van der Waals surface area contributed by atoms with Crippen molar-refractivity contribution in [3.8, 4) is 28.5 Å². The van der Waals surface area contributed by atoms with E-state index in [0.717, 1.165) is 44.3 Å². The molecule has 3 aromatic carbocycles. The number of para-hydroxylation sites is 1. The number of pyridine rings is 1. The summed E-state index contributed by atoms with van der Waals surface area (Å²) in [4.78, 5) is 0. The van der Waals surface area contributed by atoms with Crippen LogP contribution in [0.3, 0.4) is 0 Å². The van der Waals surface area contributed by atoms with Gasteiger partial charge in [0, 0.05) is 33.5 Å². The molecule has 0 spiro atoms. The van der Waals surface area contributed by atoms with E-state index in [1.54, 1.807) is 0 Å². The van der Waals surface area contributed by atoms with Crippen LogP contribution in [0, 0.1) is 32.1 Å². The van der Waals surface area contributed by atoms with Gasteiger partial charge >= 0.3 is 0 Å². The van der Waals surface area contributed by atoms with Crippen molar-refractivity contribution in [2.45, 2.75) is 20.8 Å². The third kappa shape index (κ3) is 2.92. The second kappa shape index (κ2) is 7.11. The highest BCUT2D eigenvalue weighted by atomic mass is 16.3. The Balaban J connectivity index is 1.88. The quantitative estimate of drug-likeness (QED) is 0.314. The van der Waals surface area contributed by atoms with Gasteiger partial charge in [-0.2, -0.15) is 5.26 Å². The summed E-state index contributed by atoms with van der Waals surface area (Å²) in [7, 11) is 2.08. The fourth-order valence-electron chi connectivity index (χ4n) is 4.44. The van der Waals surface area contributed by atoms with Crippen molar-refractivity contribution >= 4 is 21.9 Å². The smallest absolute Gasteiger partial charge is 0.216 e. The van der Waals surface area contributed by atoms with E-state index >= 15 is 0 Å². The van der Waals surface area contributed by atoms with E-state index in [9.17, 15) is 5.26 Å². The lowest BCUT2D eigenvalue weighted by Crippen LogP contribution is -2.31. The van der Waals surface area contributed by atoms with Gasteiger partial charge in [0.2, 0.25) is 5.69 Å². The van der Waals surface area contributed by atoms with E-state index in [4.69, 9.17) is 4.42 Å². The molecule has 0 unspecified atom stereocenters. The predicted octanol–water partition coefficient (Wildman–Crippen LogP) is 6.54. The first-order valence-electron chi connectivity index (χ1n) is 10.4. The molecule has 0 aliphatic carbocycles. The number of hydrogen-bond donors (Lipinski definition) is 0. The van der Waals surface area contributed by atoms with Crippen LogP contribution in [-0.4, -0.2) is 0 Å². The Kier molecular flexibility index (Phi) is 4.38. The van der Waals surface area contributed by atoms with Crippen LogP contribution >= 0.6 is 0 Å². The average Bonchev–Trinajstić information content (AvgIpc) is 3.15. The molecule has 0 atom stereocenters. The van der Waals surface area contributed by atoms with E-state index < -0.39 is 0 Å². The zero-order valence-corrected chi connectivity index (χ0v) is 18.2. The summed E-state index contributed by atoms with van der Waals surface area (Å²) in [5, 5.41) is 11.8. The minimum absolute atomic E-state index is 0.646. The second-order valence-corrected chi connectivity index (χ2v) is 8.21. The molecule has 3 nitrogen and oxygen atoms in total. The normalized spacial score (nSPS) is 11.2. The maximum absolute atomic E-state index is 9.62. The number of aromatic nitrogens is 1. The Morgan fingerprint density at radius 3 is 2.32 bits per heavy atom. The molecule has 0 bridgehead atoms. The van der Waals surface area contributed by atoms with Gasteiger partial charge in [-0.1, -0.05) is 48.5 Å². The topological polar surface area (TPSA) is 40.8 Å². The second-order valence-electron chi connectivity index (χ2n) is 8.21. The van der Waals surface area contributed by atoms with Crippen molar-refractivity contribution in [2.75, 3.05) is 0 Å². The van der Waals surface area contributed by atoms with Gasteiger partial charge in [-0.3, -0.25) is 0 Å². The third-order valence-electron chi connectivity index (χ3n) is 6.21. The molecule has 2 aromatic heterocycles. The molecule has 31 heavy (non-hydrogen) atoms. The van der Waals surface area contributed by atoms with Crippen LogP contribution in [0.2, 0.25) is 0 Å². The van der Waals surface area contributed by atoms with Gasteiger partial charge in [-0.15, -0.1) is 0 Å². The van der Waals surface area contributed by atoms with E-state index in [1.165, 1.54) is 16.7 Å². The van der Waals surface area contributed by atoms with E-state index in [1.807, 2.05) is 36.4 Å². The summed E-state index contributed by atoms with van der Waals surface area (Å²) < 4.78 is 8.78. The summed E-state index contributed by atoms with van der Waals surface area (Å²) in [6.45, 7) is 6.40. The minimum atomic E-state index is 0.646. The Labute approximate surface area is 181 Å². The number of furan rings is 1. The van der Waals surface area contributed by atoms with Crippen molar-refractivity contribution < 1.29 is 8.98 Å². The first-order valence-corrected chi connectivity index (χ1v) is 10.4. The number of nitrogens with zero attached hydrogens (tertiary/aromatic N) is 2. The van der Waals surface area contributed by atoms with E-state index in [-0.39, 0.29) is 0 Å². The molecule has 0 saturated carbocycles. The van der Waals surface area contributed by atoms with Gasteiger partial charge in [0.15, 0.2) is 6.20 Å². The van der Waals surface area contributed by atoms with Gasteiger partial charge in [-0.05, 0) is 38.0 Å². The van der Waals surface area contributed by atoms with Gasteiger partial charge < -0.3 is 4.42 Å². The zero-order valence-electron chi connectivity index (χ0n) is 18.2. The van der Waals surface area contributed by atoms with Crippen LogP contribution in [0.15, 0.2) is 71.3 Å². The van der Waals surface area contributed by atoms with Crippen molar-refractivity contribution in [3.05, 3.63) is 89.1 Å². The number of nitriles is 1. The maximum Gasteiger partial charge on any atom is 0.216 e. The maximum atomic E-state index is 9.62. The first-order chi connectivity index (χ1) is 15.0. The summed E-state index contributed by atoms with van der Waals surface area (Å²) in [6, 6.07) is 22.7. The molecule has 2 heterocycles. The Morgan fingerprint density at radius 2 is 1.52 bits per heavy atom.